The summed E-state index contributed by atoms with van der Waals surface area (Å²) in [6, 6.07) is 3.83. The number of hydrogen-bond donors (Lipinski definition) is 7. The summed E-state index contributed by atoms with van der Waals surface area (Å²) in [6.45, 7) is 10.5. The highest BCUT2D eigenvalue weighted by atomic mass is 16.4. The van der Waals surface area contributed by atoms with Crippen molar-refractivity contribution in [2.24, 2.45) is 0 Å². The molecule has 3 heterocycles. The second-order valence-electron chi connectivity index (χ2n) is 13.3. The number of rotatable bonds is 19. The van der Waals surface area contributed by atoms with Gasteiger partial charge in [-0.15, -0.1) is 0 Å². The van der Waals surface area contributed by atoms with Gasteiger partial charge in [0, 0.05) is 36.1 Å². The van der Waals surface area contributed by atoms with E-state index in [1.165, 1.54) is 56.7 Å². The molecule has 0 bridgehead atoms. The number of hydrogen-bond acceptors (Lipinski definition) is 10. The largest absolute Gasteiger partial charge is 0.478 e. The van der Waals surface area contributed by atoms with Crippen molar-refractivity contribution in [1.29, 1.82) is 0 Å². The highest BCUT2D eigenvalue weighted by molar-refractivity contribution is 6.25. The number of nitrogens with one attached hydrogen (secondary N) is 5. The van der Waals surface area contributed by atoms with Crippen molar-refractivity contribution in [3.05, 3.63) is 40.5 Å². The predicted molar refractivity (Wildman–Crippen MR) is 188 cm³/mol. The van der Waals surface area contributed by atoms with Gasteiger partial charge in [-0.2, -0.15) is 0 Å². The van der Waals surface area contributed by atoms with E-state index in [1.807, 2.05) is 0 Å². The molecule has 0 aliphatic carbocycles. The van der Waals surface area contributed by atoms with Crippen molar-refractivity contribution in [1.82, 2.24) is 36.4 Å². The SMILES string of the molecule is O=C(O)c1ccc(C(=O)O)c2c(C(=O)NNCCCN3CCCC3)c(NCCCN3CCCC3)cc(C(=O)NNCCCN3CCCC3)c12. The van der Waals surface area contributed by atoms with Crippen LogP contribution in [0, 0.1) is 0 Å². The third-order valence-corrected chi connectivity index (χ3v) is 9.73. The van der Waals surface area contributed by atoms with E-state index in [-0.39, 0.29) is 38.7 Å². The topological polar surface area (TPSA) is 179 Å². The van der Waals surface area contributed by atoms with Gasteiger partial charge in [-0.05, 0) is 135 Å². The molecular weight excluding hydrogens is 628 g/mol. The number of benzene rings is 2. The molecule has 3 aliphatic heterocycles. The van der Waals surface area contributed by atoms with Gasteiger partial charge in [0.25, 0.3) is 11.8 Å². The van der Waals surface area contributed by atoms with Crippen LogP contribution in [0.25, 0.3) is 10.8 Å². The molecule has 14 nitrogen and oxygen atoms in total. The minimum absolute atomic E-state index is 0.0289. The second-order valence-corrected chi connectivity index (χ2v) is 13.3. The number of carbonyl (C=O) groups excluding carboxylic acids is 2. The average Bonchev–Trinajstić information content (AvgIpc) is 3.90. The number of fused-ring (bicyclic) bond motifs is 1. The van der Waals surface area contributed by atoms with E-state index < -0.39 is 23.8 Å². The van der Waals surface area contributed by atoms with Crippen LogP contribution < -0.4 is 27.0 Å². The van der Waals surface area contributed by atoms with Crippen LogP contribution in [-0.2, 0) is 0 Å². The molecule has 2 aromatic rings. The Hall–Kier alpha value is -3.82. The lowest BCUT2D eigenvalue weighted by Gasteiger charge is -2.21. The Kier molecular flexibility index (Phi) is 13.6. The van der Waals surface area contributed by atoms with E-state index in [4.69, 9.17) is 0 Å². The Morgan fingerprint density at radius 2 is 1.00 bits per heavy atom. The third kappa shape index (κ3) is 9.88. The first kappa shape index (κ1) is 36.5. The molecule has 268 valence electrons. The van der Waals surface area contributed by atoms with Gasteiger partial charge in [-0.3, -0.25) is 20.4 Å². The van der Waals surface area contributed by atoms with Crippen LogP contribution in [0.2, 0.25) is 0 Å². The minimum Gasteiger partial charge on any atom is -0.478 e. The molecular formula is C35H52N8O6. The normalized spacial score (nSPS) is 17.1. The highest BCUT2D eigenvalue weighted by Crippen LogP contribution is 2.35. The zero-order chi connectivity index (χ0) is 34.6. The predicted octanol–water partition coefficient (Wildman–Crippen LogP) is 2.57. The van der Waals surface area contributed by atoms with Crippen molar-refractivity contribution in [3.63, 3.8) is 0 Å². The molecule has 3 aliphatic rings. The molecule has 0 spiro atoms. The lowest BCUT2D eigenvalue weighted by atomic mass is 9.89. The maximum atomic E-state index is 13.9. The lowest BCUT2D eigenvalue weighted by Crippen LogP contribution is -2.40. The van der Waals surface area contributed by atoms with Crippen LogP contribution in [0.3, 0.4) is 0 Å². The van der Waals surface area contributed by atoms with Gasteiger partial charge in [-0.25, -0.2) is 20.4 Å². The summed E-state index contributed by atoms with van der Waals surface area (Å²) >= 11 is 0. The van der Waals surface area contributed by atoms with Gasteiger partial charge in [0.15, 0.2) is 0 Å². The molecule has 7 N–H and O–H groups in total. The summed E-state index contributed by atoms with van der Waals surface area (Å²) in [5, 5.41) is 23.6. The van der Waals surface area contributed by atoms with Gasteiger partial charge in [-0.1, -0.05) is 0 Å². The number of carbonyl (C=O) groups is 4. The first-order valence-corrected chi connectivity index (χ1v) is 17.9. The van der Waals surface area contributed by atoms with Crippen LogP contribution in [0.15, 0.2) is 18.2 Å². The number of nitrogens with zero attached hydrogens (tertiary/aromatic N) is 3. The molecule has 5 rings (SSSR count). The molecule has 3 saturated heterocycles. The Morgan fingerprint density at radius 3 is 1.47 bits per heavy atom. The van der Waals surface area contributed by atoms with Gasteiger partial charge in [0.2, 0.25) is 0 Å². The van der Waals surface area contributed by atoms with Gasteiger partial charge < -0.3 is 30.2 Å². The van der Waals surface area contributed by atoms with E-state index in [1.54, 1.807) is 0 Å². The zero-order valence-electron chi connectivity index (χ0n) is 28.5. The number of carboxylic acids is 2. The number of carboxylic acid groups (broad SMARTS) is 2. The fraction of sp³-hybridized carbons (Fsp3) is 0.600. The van der Waals surface area contributed by atoms with E-state index in [0.717, 1.165) is 78.2 Å². The fourth-order valence-corrected chi connectivity index (χ4v) is 7.22. The number of aromatic carboxylic acids is 2. The quantitative estimate of drug-likeness (QED) is 0.0854. The van der Waals surface area contributed by atoms with E-state index in [2.05, 4.69) is 41.7 Å². The third-order valence-electron chi connectivity index (χ3n) is 9.73. The number of amides is 2. The molecule has 2 aromatic carbocycles. The van der Waals surface area contributed by atoms with E-state index in [0.29, 0.717) is 19.6 Å². The summed E-state index contributed by atoms with van der Waals surface area (Å²) in [7, 11) is 0. The monoisotopic (exact) mass is 680 g/mol. The van der Waals surface area contributed by atoms with Crippen molar-refractivity contribution < 1.29 is 29.4 Å². The number of hydrazine groups is 2. The molecule has 0 unspecified atom stereocenters. The molecule has 3 fully saturated rings. The Bertz CT molecular complexity index is 1470. The summed E-state index contributed by atoms with van der Waals surface area (Å²) in [5.74, 6) is -3.92. The van der Waals surface area contributed by atoms with Gasteiger partial charge in [0.05, 0.1) is 22.3 Å². The molecule has 14 heteroatoms. The molecule has 2 amide bonds. The smallest absolute Gasteiger partial charge is 0.336 e. The first-order chi connectivity index (χ1) is 23.8. The molecule has 0 aromatic heterocycles. The zero-order valence-corrected chi connectivity index (χ0v) is 28.5. The molecule has 49 heavy (non-hydrogen) atoms. The first-order valence-electron chi connectivity index (χ1n) is 17.9. The lowest BCUT2D eigenvalue weighted by molar-refractivity contribution is 0.0684. The molecule has 0 radical (unpaired) electrons. The van der Waals surface area contributed by atoms with Crippen LogP contribution in [0.4, 0.5) is 5.69 Å². The van der Waals surface area contributed by atoms with Crippen LogP contribution in [-0.4, -0.2) is 127 Å². The van der Waals surface area contributed by atoms with Crippen LogP contribution in [0.1, 0.15) is 99.2 Å². The van der Waals surface area contributed by atoms with Crippen molar-refractivity contribution in [2.45, 2.75) is 57.8 Å². The second kappa shape index (κ2) is 18.3. The van der Waals surface area contributed by atoms with Gasteiger partial charge in [0.1, 0.15) is 0 Å². The van der Waals surface area contributed by atoms with Crippen molar-refractivity contribution >= 4 is 40.2 Å². The fourth-order valence-electron chi connectivity index (χ4n) is 7.22. The summed E-state index contributed by atoms with van der Waals surface area (Å²) in [6.07, 6.45) is 9.47. The summed E-state index contributed by atoms with van der Waals surface area (Å²) < 4.78 is 0. The average molecular weight is 681 g/mol. The standard InChI is InChI=1S/C35H52N8O6/c44-32(39-37-13-8-22-42-17-3-4-18-42)27-24-28(36-12-7-21-41-15-1-2-16-41)31(33(45)40-38-14-9-23-43-19-5-6-20-43)30-26(35(48)49)11-10-25(29(27)30)34(46)47/h10-11,24,36-38H,1-9,12-23H2,(H,39,44)(H,40,45)(H,46,47)(H,48,49). The number of likely N-dealkylation sites (tertiary alicyclic amines) is 3. The van der Waals surface area contributed by atoms with Crippen LogP contribution in [0.5, 0.6) is 0 Å². The summed E-state index contributed by atoms with van der Waals surface area (Å²) in [4.78, 5) is 59.9. The Labute approximate surface area is 287 Å². The Morgan fingerprint density at radius 1 is 0.571 bits per heavy atom. The maximum Gasteiger partial charge on any atom is 0.336 e. The maximum absolute atomic E-state index is 13.9. The van der Waals surface area contributed by atoms with Crippen molar-refractivity contribution in [3.8, 4) is 0 Å². The van der Waals surface area contributed by atoms with E-state index in [9.17, 15) is 29.4 Å². The molecule has 0 atom stereocenters. The Balaban J connectivity index is 1.43. The highest BCUT2D eigenvalue weighted by Gasteiger charge is 2.29. The molecule has 0 saturated carbocycles. The minimum atomic E-state index is -1.34. The van der Waals surface area contributed by atoms with Crippen LogP contribution >= 0.6 is 0 Å². The van der Waals surface area contributed by atoms with Crippen molar-refractivity contribution in [2.75, 3.05) is 83.9 Å². The number of anilines is 1. The summed E-state index contributed by atoms with van der Waals surface area (Å²) in [5.41, 5.74) is 11.0. The van der Waals surface area contributed by atoms with E-state index >= 15 is 0 Å². The van der Waals surface area contributed by atoms with Gasteiger partial charge >= 0.3 is 11.9 Å².